The van der Waals surface area contributed by atoms with E-state index in [1.807, 2.05) is 0 Å². The van der Waals surface area contributed by atoms with Crippen LogP contribution in [0.1, 0.15) is 36.7 Å². The molecule has 12 heteroatoms. The average Bonchev–Trinajstić information content (AvgIpc) is 2.80. The first-order valence-electron chi connectivity index (χ1n) is 11.9. The highest BCUT2D eigenvalue weighted by Gasteiger charge is 2.42. The summed E-state index contributed by atoms with van der Waals surface area (Å²) in [5.41, 5.74) is -3.67. The van der Waals surface area contributed by atoms with Gasteiger partial charge in [-0.1, -0.05) is 19.3 Å². The maximum atomic E-state index is 14.9. The van der Waals surface area contributed by atoms with Crippen LogP contribution < -0.4 is 4.74 Å². The third-order valence-corrected chi connectivity index (χ3v) is 6.90. The summed E-state index contributed by atoms with van der Waals surface area (Å²) in [5.74, 6) is -12.8. The molecule has 1 aliphatic heterocycles. The van der Waals surface area contributed by atoms with Gasteiger partial charge in [-0.2, -0.15) is 8.78 Å². The molecule has 5 rings (SSSR count). The van der Waals surface area contributed by atoms with Crippen molar-refractivity contribution in [1.82, 2.24) is 0 Å². The van der Waals surface area contributed by atoms with Crippen molar-refractivity contribution >= 4 is 0 Å². The molecule has 3 aromatic carbocycles. The second kappa shape index (κ2) is 10.4. The highest BCUT2D eigenvalue weighted by atomic mass is 19.3. The Morgan fingerprint density at radius 2 is 1.21 bits per heavy atom. The van der Waals surface area contributed by atoms with E-state index >= 15 is 0 Å². The standard InChI is InChI=1S/C27H19F9O3/c28-17-6-14(26-37-10-15(11-38-26)12-2-1-3-12)7-18(29)23(17)13-4-19(30)24(20(31)5-13)27(35,36)39-16-8-21(32)25(34)22(33)9-16/h4-9,12,15,26H,1-3,10-11H2. The number of halogens is 9. The third-order valence-electron chi connectivity index (χ3n) is 6.90. The van der Waals surface area contributed by atoms with Gasteiger partial charge in [0.1, 0.15) is 34.6 Å². The van der Waals surface area contributed by atoms with E-state index in [1.165, 1.54) is 0 Å². The van der Waals surface area contributed by atoms with E-state index in [4.69, 9.17) is 9.47 Å². The van der Waals surface area contributed by atoms with Gasteiger partial charge >= 0.3 is 6.11 Å². The van der Waals surface area contributed by atoms with Crippen molar-refractivity contribution in [3.8, 4) is 16.9 Å². The smallest absolute Gasteiger partial charge is 0.429 e. The van der Waals surface area contributed by atoms with Gasteiger partial charge in [0.25, 0.3) is 0 Å². The number of hydrogen-bond acceptors (Lipinski definition) is 3. The summed E-state index contributed by atoms with van der Waals surface area (Å²) in [6.45, 7) is 0.678. The van der Waals surface area contributed by atoms with Crippen LogP contribution in [0.3, 0.4) is 0 Å². The molecular formula is C27H19F9O3. The van der Waals surface area contributed by atoms with Gasteiger partial charge in [-0.05, 0) is 35.7 Å². The van der Waals surface area contributed by atoms with Crippen LogP contribution in [0.15, 0.2) is 36.4 Å². The zero-order chi connectivity index (χ0) is 28.1. The van der Waals surface area contributed by atoms with Crippen LogP contribution in [0.2, 0.25) is 0 Å². The average molecular weight is 562 g/mol. The first kappa shape index (κ1) is 27.3. The third kappa shape index (κ3) is 5.31. The number of benzene rings is 3. The van der Waals surface area contributed by atoms with E-state index in [2.05, 4.69) is 4.74 Å². The van der Waals surface area contributed by atoms with Gasteiger partial charge in [0.15, 0.2) is 23.7 Å². The molecule has 0 spiro atoms. The largest absolute Gasteiger partial charge is 0.432 e. The van der Waals surface area contributed by atoms with E-state index in [0.29, 0.717) is 19.1 Å². The van der Waals surface area contributed by atoms with Crippen LogP contribution in [-0.2, 0) is 15.6 Å². The molecule has 39 heavy (non-hydrogen) atoms. The quantitative estimate of drug-likeness (QED) is 0.226. The summed E-state index contributed by atoms with van der Waals surface area (Å²) >= 11 is 0. The lowest BCUT2D eigenvalue weighted by molar-refractivity contribution is -0.217. The minimum absolute atomic E-state index is 0.0166. The molecule has 3 nitrogen and oxygen atoms in total. The molecule has 0 bridgehead atoms. The van der Waals surface area contributed by atoms with Crippen LogP contribution in [0.5, 0.6) is 5.75 Å². The molecule has 2 aliphatic rings. The van der Waals surface area contributed by atoms with E-state index in [9.17, 15) is 39.5 Å². The topological polar surface area (TPSA) is 27.7 Å². The molecule has 1 heterocycles. The summed E-state index contributed by atoms with van der Waals surface area (Å²) in [5, 5.41) is 0. The van der Waals surface area contributed by atoms with Crippen LogP contribution in [0.25, 0.3) is 11.1 Å². The Morgan fingerprint density at radius 3 is 1.69 bits per heavy atom. The molecule has 0 amide bonds. The first-order chi connectivity index (χ1) is 18.4. The summed E-state index contributed by atoms with van der Waals surface area (Å²) < 4.78 is 143. The van der Waals surface area contributed by atoms with E-state index < -0.39 is 75.6 Å². The van der Waals surface area contributed by atoms with Gasteiger partial charge in [-0.25, -0.2) is 30.7 Å². The number of rotatable bonds is 6. The highest BCUT2D eigenvalue weighted by molar-refractivity contribution is 5.66. The molecule has 208 valence electrons. The number of ether oxygens (including phenoxy) is 3. The highest BCUT2D eigenvalue weighted by Crippen LogP contribution is 2.41. The molecule has 1 saturated carbocycles. The molecule has 1 saturated heterocycles. The number of alkyl halides is 2. The molecule has 0 aromatic heterocycles. The predicted octanol–water partition coefficient (Wildman–Crippen LogP) is 7.92. The Balaban J connectivity index is 1.39. The van der Waals surface area contributed by atoms with Crippen LogP contribution in [0, 0.1) is 52.6 Å². The normalized spacial score (nSPS) is 20.1. The molecule has 3 aromatic rings. The maximum absolute atomic E-state index is 14.9. The summed E-state index contributed by atoms with van der Waals surface area (Å²) in [7, 11) is 0. The molecular weight excluding hydrogens is 543 g/mol. The van der Waals surface area contributed by atoms with Crippen molar-refractivity contribution in [2.75, 3.05) is 13.2 Å². The van der Waals surface area contributed by atoms with Crippen LogP contribution >= 0.6 is 0 Å². The van der Waals surface area contributed by atoms with Gasteiger partial charge < -0.3 is 14.2 Å². The maximum Gasteiger partial charge on any atom is 0.432 e. The molecule has 2 fully saturated rings. The van der Waals surface area contributed by atoms with Crippen LogP contribution in [0.4, 0.5) is 39.5 Å². The van der Waals surface area contributed by atoms with Crippen LogP contribution in [-0.4, -0.2) is 13.2 Å². The minimum atomic E-state index is -4.85. The lowest BCUT2D eigenvalue weighted by atomic mass is 9.76. The number of hydrogen-bond donors (Lipinski definition) is 0. The van der Waals surface area contributed by atoms with Crippen molar-refractivity contribution < 1.29 is 53.7 Å². The Kier molecular flexibility index (Phi) is 7.27. The molecule has 0 unspecified atom stereocenters. The van der Waals surface area contributed by atoms with E-state index in [0.717, 1.165) is 31.4 Å². The van der Waals surface area contributed by atoms with Gasteiger partial charge in [0.05, 0.1) is 18.8 Å². The minimum Gasteiger partial charge on any atom is -0.429 e. The zero-order valence-electron chi connectivity index (χ0n) is 19.9. The van der Waals surface area contributed by atoms with Gasteiger partial charge in [0, 0.05) is 23.6 Å². The Bertz CT molecular complexity index is 1330. The zero-order valence-corrected chi connectivity index (χ0v) is 19.9. The molecule has 0 radical (unpaired) electrons. The fourth-order valence-corrected chi connectivity index (χ4v) is 4.68. The van der Waals surface area contributed by atoms with Crippen molar-refractivity contribution in [2.24, 2.45) is 11.8 Å². The Labute approximate surface area is 216 Å². The predicted molar refractivity (Wildman–Crippen MR) is 118 cm³/mol. The monoisotopic (exact) mass is 562 g/mol. The lowest BCUT2D eigenvalue weighted by Gasteiger charge is -2.38. The van der Waals surface area contributed by atoms with Gasteiger partial charge in [0.2, 0.25) is 0 Å². The summed E-state index contributed by atoms with van der Waals surface area (Å²) in [6.07, 6.45) is -2.66. The summed E-state index contributed by atoms with van der Waals surface area (Å²) in [6, 6.07) is 2.31. The van der Waals surface area contributed by atoms with Crippen molar-refractivity contribution in [1.29, 1.82) is 0 Å². The van der Waals surface area contributed by atoms with Crippen molar-refractivity contribution in [2.45, 2.75) is 31.7 Å². The Morgan fingerprint density at radius 1 is 0.667 bits per heavy atom. The fraction of sp³-hybridized carbons (Fsp3) is 0.333. The second-order valence-corrected chi connectivity index (χ2v) is 9.44. The van der Waals surface area contributed by atoms with Gasteiger partial charge in [-0.15, -0.1) is 0 Å². The SMILES string of the molecule is Fc1cc(OC(F)(F)c2c(F)cc(-c3c(F)cc(C4OCC(C5CCC5)CO4)cc3F)cc2F)cc(F)c1F. The first-order valence-corrected chi connectivity index (χ1v) is 11.9. The fourth-order valence-electron chi connectivity index (χ4n) is 4.68. The van der Waals surface area contributed by atoms with E-state index in [1.54, 1.807) is 0 Å². The van der Waals surface area contributed by atoms with Gasteiger partial charge in [-0.3, -0.25) is 0 Å². The second-order valence-electron chi connectivity index (χ2n) is 9.44. The molecule has 0 N–H and O–H groups in total. The molecule has 1 aliphatic carbocycles. The van der Waals surface area contributed by atoms with Crippen molar-refractivity contribution in [3.05, 3.63) is 88.2 Å². The Hall–Kier alpha value is -3.25. The van der Waals surface area contributed by atoms with E-state index in [-0.39, 0.29) is 35.7 Å². The lowest BCUT2D eigenvalue weighted by Crippen LogP contribution is -2.35. The van der Waals surface area contributed by atoms with Crippen molar-refractivity contribution in [3.63, 3.8) is 0 Å². The molecule has 0 atom stereocenters. The summed E-state index contributed by atoms with van der Waals surface area (Å²) in [4.78, 5) is 0.